The van der Waals surface area contributed by atoms with Crippen LogP contribution in [-0.4, -0.2) is 9.55 Å². The molecule has 2 N–H and O–H groups in total. The van der Waals surface area contributed by atoms with E-state index in [1.807, 2.05) is 30.3 Å². The summed E-state index contributed by atoms with van der Waals surface area (Å²) < 4.78 is 7.29. The standard InChI is InChI=1S/C11H13N3O/c12-11-6-14(8-13-11)9-15-7-10-4-2-1-3-5-10/h1-6,8H,7,9,12H2. The topological polar surface area (TPSA) is 53.1 Å². The molecule has 0 aliphatic carbocycles. The number of imidazole rings is 1. The molecule has 1 aromatic heterocycles. The van der Waals surface area contributed by atoms with Gasteiger partial charge in [0.05, 0.1) is 12.9 Å². The Morgan fingerprint density at radius 3 is 2.73 bits per heavy atom. The fraction of sp³-hybridized carbons (Fsp3) is 0.182. The zero-order valence-corrected chi connectivity index (χ0v) is 8.34. The normalized spacial score (nSPS) is 10.4. The maximum absolute atomic E-state index is 5.49. The number of hydrogen-bond donors (Lipinski definition) is 1. The van der Waals surface area contributed by atoms with Gasteiger partial charge in [-0.05, 0) is 5.56 Å². The summed E-state index contributed by atoms with van der Waals surface area (Å²) in [6.45, 7) is 1.07. The van der Waals surface area contributed by atoms with E-state index in [4.69, 9.17) is 10.5 Å². The van der Waals surface area contributed by atoms with E-state index in [-0.39, 0.29) is 0 Å². The van der Waals surface area contributed by atoms with Crippen molar-refractivity contribution < 1.29 is 4.74 Å². The number of nitrogen functional groups attached to an aromatic ring is 1. The van der Waals surface area contributed by atoms with Crippen LogP contribution in [0.1, 0.15) is 5.56 Å². The molecule has 0 saturated heterocycles. The molecule has 2 rings (SSSR count). The first-order valence-corrected chi connectivity index (χ1v) is 4.73. The molecule has 0 atom stereocenters. The first kappa shape index (κ1) is 9.73. The van der Waals surface area contributed by atoms with Crippen molar-refractivity contribution in [2.75, 3.05) is 5.73 Å². The number of benzene rings is 1. The van der Waals surface area contributed by atoms with Gasteiger partial charge in [-0.25, -0.2) is 4.98 Å². The SMILES string of the molecule is Nc1cn(COCc2ccccc2)cn1. The minimum absolute atomic E-state index is 0.471. The van der Waals surface area contributed by atoms with Gasteiger partial charge in [-0.1, -0.05) is 30.3 Å². The smallest absolute Gasteiger partial charge is 0.141 e. The Morgan fingerprint density at radius 2 is 2.07 bits per heavy atom. The second-order valence-electron chi connectivity index (χ2n) is 3.28. The van der Waals surface area contributed by atoms with Crippen molar-refractivity contribution >= 4 is 5.82 Å². The summed E-state index contributed by atoms with van der Waals surface area (Å²) in [4.78, 5) is 3.90. The number of aromatic nitrogens is 2. The van der Waals surface area contributed by atoms with Crippen molar-refractivity contribution in [3.63, 3.8) is 0 Å². The Balaban J connectivity index is 1.80. The van der Waals surface area contributed by atoms with E-state index in [2.05, 4.69) is 4.98 Å². The van der Waals surface area contributed by atoms with Crippen LogP contribution in [0.25, 0.3) is 0 Å². The number of nitrogens with two attached hydrogens (primary N) is 1. The summed E-state index contributed by atoms with van der Waals surface area (Å²) in [6, 6.07) is 10.0. The Kier molecular flexibility index (Phi) is 2.99. The first-order chi connectivity index (χ1) is 7.34. The predicted octanol–water partition coefficient (Wildman–Crippen LogP) is 1.64. The highest BCUT2D eigenvalue weighted by atomic mass is 16.5. The quantitative estimate of drug-likeness (QED) is 0.821. The third-order valence-electron chi connectivity index (χ3n) is 2.01. The van der Waals surface area contributed by atoms with Gasteiger partial charge in [0.1, 0.15) is 12.5 Å². The van der Waals surface area contributed by atoms with Gasteiger partial charge in [-0.3, -0.25) is 0 Å². The molecular weight excluding hydrogens is 190 g/mol. The molecule has 2 aromatic rings. The minimum Gasteiger partial charge on any atom is -0.382 e. The summed E-state index contributed by atoms with van der Waals surface area (Å²) in [6.07, 6.45) is 3.39. The molecule has 0 amide bonds. The fourth-order valence-corrected chi connectivity index (χ4v) is 1.29. The van der Waals surface area contributed by atoms with Crippen molar-refractivity contribution in [2.24, 2.45) is 0 Å². The second kappa shape index (κ2) is 4.61. The Hall–Kier alpha value is -1.81. The van der Waals surface area contributed by atoms with E-state index in [0.717, 1.165) is 5.56 Å². The summed E-state index contributed by atoms with van der Waals surface area (Å²) in [5, 5.41) is 0. The molecule has 0 saturated carbocycles. The molecule has 0 aliphatic rings. The van der Waals surface area contributed by atoms with E-state index in [0.29, 0.717) is 19.2 Å². The highest BCUT2D eigenvalue weighted by Crippen LogP contribution is 2.02. The molecule has 4 nitrogen and oxygen atoms in total. The monoisotopic (exact) mass is 203 g/mol. The number of anilines is 1. The number of ether oxygens (including phenoxy) is 1. The Bertz CT molecular complexity index is 411. The lowest BCUT2D eigenvalue weighted by atomic mass is 10.2. The third-order valence-corrected chi connectivity index (χ3v) is 2.01. The first-order valence-electron chi connectivity index (χ1n) is 4.73. The molecule has 0 fully saturated rings. The van der Waals surface area contributed by atoms with Gasteiger partial charge in [-0.2, -0.15) is 0 Å². The summed E-state index contributed by atoms with van der Waals surface area (Å²) in [7, 11) is 0. The van der Waals surface area contributed by atoms with E-state index >= 15 is 0 Å². The lowest BCUT2D eigenvalue weighted by molar-refractivity contribution is 0.0639. The van der Waals surface area contributed by atoms with Crippen molar-refractivity contribution in [3.8, 4) is 0 Å². The van der Waals surface area contributed by atoms with Crippen LogP contribution in [0, 0.1) is 0 Å². The minimum atomic E-state index is 0.471. The van der Waals surface area contributed by atoms with Crippen LogP contribution >= 0.6 is 0 Å². The van der Waals surface area contributed by atoms with E-state index in [9.17, 15) is 0 Å². The second-order valence-corrected chi connectivity index (χ2v) is 3.28. The van der Waals surface area contributed by atoms with Crippen molar-refractivity contribution in [2.45, 2.75) is 13.3 Å². The zero-order valence-electron chi connectivity index (χ0n) is 8.34. The predicted molar refractivity (Wildman–Crippen MR) is 57.9 cm³/mol. The Morgan fingerprint density at radius 1 is 1.27 bits per heavy atom. The molecule has 1 heterocycles. The highest BCUT2D eigenvalue weighted by Gasteiger charge is 1.94. The lowest BCUT2D eigenvalue weighted by Crippen LogP contribution is -2.00. The van der Waals surface area contributed by atoms with Crippen LogP contribution in [0.3, 0.4) is 0 Å². The molecule has 78 valence electrons. The summed E-state index contributed by atoms with van der Waals surface area (Å²) >= 11 is 0. The van der Waals surface area contributed by atoms with Crippen LogP contribution in [0.5, 0.6) is 0 Å². The highest BCUT2D eigenvalue weighted by molar-refractivity contribution is 5.22. The van der Waals surface area contributed by atoms with Gasteiger partial charge in [0, 0.05) is 6.20 Å². The average Bonchev–Trinajstić information content (AvgIpc) is 2.66. The molecule has 0 radical (unpaired) electrons. The lowest BCUT2D eigenvalue weighted by Gasteiger charge is -2.04. The number of hydrogen-bond acceptors (Lipinski definition) is 3. The number of nitrogens with zero attached hydrogens (tertiary/aromatic N) is 2. The van der Waals surface area contributed by atoms with Gasteiger partial charge in [0.2, 0.25) is 0 Å². The molecule has 1 aromatic carbocycles. The van der Waals surface area contributed by atoms with Crippen molar-refractivity contribution in [1.29, 1.82) is 0 Å². The molecule has 0 aliphatic heterocycles. The molecule has 0 bridgehead atoms. The van der Waals surface area contributed by atoms with E-state index in [1.54, 1.807) is 17.1 Å². The van der Waals surface area contributed by atoms with E-state index < -0.39 is 0 Å². The van der Waals surface area contributed by atoms with Crippen molar-refractivity contribution in [1.82, 2.24) is 9.55 Å². The van der Waals surface area contributed by atoms with Crippen LogP contribution in [-0.2, 0) is 18.1 Å². The molecule has 0 unspecified atom stereocenters. The van der Waals surface area contributed by atoms with Gasteiger partial charge in [0.15, 0.2) is 0 Å². The van der Waals surface area contributed by atoms with Crippen LogP contribution in [0.2, 0.25) is 0 Å². The summed E-state index contributed by atoms with van der Waals surface area (Å²) in [5.74, 6) is 0.512. The van der Waals surface area contributed by atoms with Gasteiger partial charge in [-0.15, -0.1) is 0 Å². The van der Waals surface area contributed by atoms with Gasteiger partial charge < -0.3 is 15.0 Å². The maximum Gasteiger partial charge on any atom is 0.141 e. The molecule has 0 spiro atoms. The molecule has 15 heavy (non-hydrogen) atoms. The van der Waals surface area contributed by atoms with E-state index in [1.165, 1.54) is 0 Å². The van der Waals surface area contributed by atoms with Crippen LogP contribution in [0.4, 0.5) is 5.82 Å². The third kappa shape index (κ3) is 2.82. The maximum atomic E-state index is 5.49. The summed E-state index contributed by atoms with van der Waals surface area (Å²) in [5.41, 5.74) is 6.63. The van der Waals surface area contributed by atoms with Crippen LogP contribution < -0.4 is 5.73 Å². The fourth-order valence-electron chi connectivity index (χ4n) is 1.29. The molecule has 4 heteroatoms. The van der Waals surface area contributed by atoms with Crippen LogP contribution in [0.15, 0.2) is 42.9 Å². The Labute approximate surface area is 88.3 Å². The van der Waals surface area contributed by atoms with Gasteiger partial charge >= 0.3 is 0 Å². The molecular formula is C11H13N3O. The number of rotatable bonds is 4. The van der Waals surface area contributed by atoms with Gasteiger partial charge in [0.25, 0.3) is 0 Å². The average molecular weight is 203 g/mol. The van der Waals surface area contributed by atoms with Crippen molar-refractivity contribution in [3.05, 3.63) is 48.4 Å². The zero-order chi connectivity index (χ0) is 10.5. The largest absolute Gasteiger partial charge is 0.382 e.